The summed E-state index contributed by atoms with van der Waals surface area (Å²) >= 11 is 0. The number of rotatable bonds is 10. The minimum absolute atomic E-state index is 0.302. The predicted octanol–water partition coefficient (Wildman–Crippen LogP) is 1.27. The first-order chi connectivity index (χ1) is 10.2. The largest absolute Gasteiger partial charge is 0.500 e. The number of carbonyl (C=O) groups excluding carboxylic acids is 1. The van der Waals surface area contributed by atoms with Crippen molar-refractivity contribution in [3.63, 3.8) is 0 Å². The van der Waals surface area contributed by atoms with E-state index in [0.717, 1.165) is 4.68 Å². The van der Waals surface area contributed by atoms with Crippen LogP contribution in [0.15, 0.2) is 12.7 Å². The molecule has 1 heterocycles. The van der Waals surface area contributed by atoms with Gasteiger partial charge in [-0.05, 0) is 27.2 Å². The monoisotopic (exact) mass is 316 g/mol. The first kappa shape index (κ1) is 17.8. The lowest BCUT2D eigenvalue weighted by atomic mass is 10.5. The molecule has 0 bridgehead atoms. The Hall–Kier alpha value is -1.29. The van der Waals surface area contributed by atoms with E-state index in [-0.39, 0.29) is 6.03 Å². The van der Waals surface area contributed by atoms with E-state index in [1.165, 1.54) is 12.7 Å². The van der Waals surface area contributed by atoms with Gasteiger partial charge in [-0.3, -0.25) is 0 Å². The molecule has 1 aromatic rings. The summed E-state index contributed by atoms with van der Waals surface area (Å²) in [7, 11) is -2.62. The molecule has 0 saturated heterocycles. The van der Waals surface area contributed by atoms with Crippen molar-refractivity contribution in [1.29, 1.82) is 0 Å². The molecule has 1 rings (SSSR count). The molecule has 0 unspecified atom stereocenters. The molecule has 1 amide bonds. The Morgan fingerprint density at radius 2 is 1.81 bits per heavy atom. The average molecular weight is 316 g/mol. The topological polar surface area (TPSA) is 87.5 Å². The second-order valence-corrected chi connectivity index (χ2v) is 6.89. The van der Waals surface area contributed by atoms with Gasteiger partial charge in [0.2, 0.25) is 0 Å². The summed E-state index contributed by atoms with van der Waals surface area (Å²) < 4.78 is 18.4. The maximum absolute atomic E-state index is 11.7. The van der Waals surface area contributed by atoms with Crippen molar-refractivity contribution in [3.05, 3.63) is 12.7 Å². The Balaban J connectivity index is 2.40. The number of hydrogen-bond donors (Lipinski definition) is 1. The number of hydrogen-bond acceptors (Lipinski definition) is 6. The molecule has 0 spiro atoms. The van der Waals surface area contributed by atoms with Gasteiger partial charge in [-0.1, -0.05) is 0 Å². The van der Waals surface area contributed by atoms with Gasteiger partial charge < -0.3 is 18.6 Å². The molecule has 0 aliphatic carbocycles. The Bertz CT molecular complexity index is 385. The first-order valence-electron chi connectivity index (χ1n) is 7.22. The second kappa shape index (κ2) is 9.61. The molecule has 0 saturated carbocycles. The van der Waals surface area contributed by atoms with Gasteiger partial charge in [0.05, 0.1) is 0 Å². The summed E-state index contributed by atoms with van der Waals surface area (Å²) in [5, 5.41) is 6.52. The van der Waals surface area contributed by atoms with Crippen LogP contribution in [-0.2, 0) is 13.3 Å². The van der Waals surface area contributed by atoms with Crippen molar-refractivity contribution in [2.45, 2.75) is 33.2 Å². The normalized spacial score (nSPS) is 11.6. The van der Waals surface area contributed by atoms with Crippen molar-refractivity contribution in [3.8, 4) is 0 Å². The number of amides is 1. The predicted molar refractivity (Wildman–Crippen MR) is 78.9 cm³/mol. The third-order valence-electron chi connectivity index (χ3n) is 2.66. The maximum Gasteiger partial charge on any atom is 0.500 e. The maximum atomic E-state index is 11.7. The summed E-state index contributed by atoms with van der Waals surface area (Å²) in [6.07, 6.45) is 3.39. The fourth-order valence-electron chi connectivity index (χ4n) is 1.90. The van der Waals surface area contributed by atoms with Crippen LogP contribution in [0.25, 0.3) is 0 Å². The highest BCUT2D eigenvalue weighted by atomic mass is 28.4. The Morgan fingerprint density at radius 3 is 2.29 bits per heavy atom. The van der Waals surface area contributed by atoms with Crippen molar-refractivity contribution in [2.24, 2.45) is 0 Å². The summed E-state index contributed by atoms with van der Waals surface area (Å²) in [6.45, 7) is 7.93. The highest BCUT2D eigenvalue weighted by Crippen LogP contribution is 2.17. The van der Waals surface area contributed by atoms with Crippen molar-refractivity contribution in [2.75, 3.05) is 26.4 Å². The molecule has 120 valence electrons. The molecule has 0 aliphatic rings. The summed E-state index contributed by atoms with van der Waals surface area (Å²) in [6, 6.07) is 0.365. The molecular weight excluding hydrogens is 292 g/mol. The Kier molecular flexibility index (Phi) is 8.12. The van der Waals surface area contributed by atoms with E-state index in [4.69, 9.17) is 13.3 Å². The summed E-state index contributed by atoms with van der Waals surface area (Å²) in [5.74, 6) is 0. The molecule has 0 radical (unpaired) electrons. The van der Waals surface area contributed by atoms with E-state index >= 15 is 0 Å². The quantitative estimate of drug-likeness (QED) is 0.517. The van der Waals surface area contributed by atoms with Gasteiger partial charge in [0, 0.05) is 32.4 Å². The van der Waals surface area contributed by atoms with E-state index in [1.54, 1.807) is 0 Å². The van der Waals surface area contributed by atoms with Crippen LogP contribution >= 0.6 is 0 Å². The van der Waals surface area contributed by atoms with E-state index in [2.05, 4.69) is 15.4 Å². The molecule has 0 fully saturated rings. The molecule has 21 heavy (non-hydrogen) atoms. The van der Waals surface area contributed by atoms with E-state index in [1.807, 2.05) is 20.8 Å². The third kappa shape index (κ3) is 5.92. The number of nitrogens with zero attached hydrogens (tertiary/aromatic N) is 3. The van der Waals surface area contributed by atoms with Gasteiger partial charge >= 0.3 is 14.8 Å². The molecule has 1 aromatic heterocycles. The smallest absolute Gasteiger partial charge is 0.374 e. The summed E-state index contributed by atoms with van der Waals surface area (Å²) in [4.78, 5) is 15.4. The molecule has 9 heteroatoms. The van der Waals surface area contributed by atoms with Crippen LogP contribution in [0.4, 0.5) is 4.79 Å². The average Bonchev–Trinajstić information content (AvgIpc) is 2.98. The van der Waals surface area contributed by atoms with E-state index < -0.39 is 8.80 Å². The van der Waals surface area contributed by atoms with Crippen LogP contribution < -0.4 is 5.32 Å². The van der Waals surface area contributed by atoms with Crippen molar-refractivity contribution >= 4 is 14.8 Å². The highest BCUT2D eigenvalue weighted by molar-refractivity contribution is 6.60. The zero-order chi connectivity index (χ0) is 15.6. The zero-order valence-corrected chi connectivity index (χ0v) is 13.9. The number of nitrogens with one attached hydrogen (secondary N) is 1. The lowest BCUT2D eigenvalue weighted by Gasteiger charge is -2.28. The van der Waals surface area contributed by atoms with Crippen molar-refractivity contribution in [1.82, 2.24) is 20.1 Å². The third-order valence-corrected chi connectivity index (χ3v) is 5.81. The molecule has 0 aromatic carbocycles. The Morgan fingerprint density at radius 1 is 1.19 bits per heavy atom. The highest BCUT2D eigenvalue weighted by Gasteiger charge is 2.39. The van der Waals surface area contributed by atoms with Gasteiger partial charge in [0.1, 0.15) is 12.7 Å². The van der Waals surface area contributed by atoms with Crippen molar-refractivity contribution < 1.29 is 18.1 Å². The minimum atomic E-state index is -2.62. The number of aromatic nitrogens is 3. The van der Waals surface area contributed by atoms with Gasteiger partial charge in [0.15, 0.2) is 0 Å². The SMILES string of the molecule is CCO[Si](CCCNC(=O)n1cncn1)(OCC)OCC. The Labute approximate surface area is 126 Å². The first-order valence-corrected chi connectivity index (χ1v) is 9.15. The van der Waals surface area contributed by atoms with Gasteiger partial charge in [0.25, 0.3) is 0 Å². The number of carbonyl (C=O) groups is 1. The lowest BCUT2D eigenvalue weighted by Crippen LogP contribution is -2.46. The molecule has 1 N–H and O–H groups in total. The van der Waals surface area contributed by atoms with Crippen LogP contribution in [0.1, 0.15) is 27.2 Å². The van der Waals surface area contributed by atoms with Crippen LogP contribution in [0.5, 0.6) is 0 Å². The van der Waals surface area contributed by atoms with Crippen LogP contribution in [0, 0.1) is 0 Å². The lowest BCUT2D eigenvalue weighted by molar-refractivity contribution is 0.0708. The van der Waals surface area contributed by atoms with Crippen LogP contribution in [-0.4, -0.2) is 56.0 Å². The van der Waals surface area contributed by atoms with Gasteiger partial charge in [-0.2, -0.15) is 9.78 Å². The molecule has 0 atom stereocenters. The van der Waals surface area contributed by atoms with Gasteiger partial charge in [-0.25, -0.2) is 9.78 Å². The minimum Gasteiger partial charge on any atom is -0.374 e. The van der Waals surface area contributed by atoms with Crippen LogP contribution in [0.3, 0.4) is 0 Å². The van der Waals surface area contributed by atoms with E-state index in [9.17, 15) is 4.79 Å². The van der Waals surface area contributed by atoms with E-state index in [0.29, 0.717) is 38.8 Å². The second-order valence-electron chi connectivity index (χ2n) is 4.16. The van der Waals surface area contributed by atoms with Gasteiger partial charge in [-0.15, -0.1) is 0 Å². The standard InChI is InChI=1S/C12H24N4O4Si/c1-4-18-21(19-5-2,20-6-3)9-7-8-14-12(17)16-11-13-10-15-16/h10-11H,4-9H2,1-3H3,(H,14,17). The fraction of sp³-hybridized carbons (Fsp3) is 0.750. The molecule has 8 nitrogen and oxygen atoms in total. The summed E-state index contributed by atoms with van der Waals surface area (Å²) in [5.41, 5.74) is 0. The molecular formula is C12H24N4O4Si. The fourth-order valence-corrected chi connectivity index (χ4v) is 4.51. The zero-order valence-electron chi connectivity index (χ0n) is 12.9. The molecule has 0 aliphatic heterocycles. The van der Waals surface area contributed by atoms with Crippen LogP contribution in [0.2, 0.25) is 6.04 Å².